The van der Waals surface area contributed by atoms with Crippen molar-refractivity contribution in [3.05, 3.63) is 109 Å². The number of rotatable bonds is 10. The fourth-order valence-electron chi connectivity index (χ4n) is 6.66. The zero-order chi connectivity index (χ0) is 32.7. The summed E-state index contributed by atoms with van der Waals surface area (Å²) < 4.78 is 18.2. The number of aromatic nitrogens is 3. The molecule has 0 saturated carbocycles. The molecule has 2 aromatic heterocycles. The average molecular weight is 646 g/mol. The first-order valence-corrected chi connectivity index (χ1v) is 14.9. The van der Waals surface area contributed by atoms with Gasteiger partial charge in [-0.25, -0.2) is 9.78 Å². The van der Waals surface area contributed by atoms with Gasteiger partial charge in [0.2, 0.25) is 11.8 Å². The van der Waals surface area contributed by atoms with Gasteiger partial charge in [0.15, 0.2) is 0 Å². The van der Waals surface area contributed by atoms with Gasteiger partial charge in [-0.3, -0.25) is 23.5 Å². The van der Waals surface area contributed by atoms with Gasteiger partial charge in [-0.15, -0.1) is 0 Å². The number of methoxy groups -OCH3 is 3. The molecule has 0 bridgehead atoms. The first kappa shape index (κ1) is 31.2. The third-order valence-corrected chi connectivity index (χ3v) is 9.16. The van der Waals surface area contributed by atoms with E-state index in [0.717, 1.165) is 25.8 Å². The third kappa shape index (κ3) is 4.98. The Morgan fingerprint density at radius 3 is 2.46 bits per heavy atom. The quantitative estimate of drug-likeness (QED) is 0.267. The van der Waals surface area contributed by atoms with E-state index in [0.29, 0.717) is 35.5 Å². The summed E-state index contributed by atoms with van der Waals surface area (Å²) in [6, 6.07) is 11.8. The van der Waals surface area contributed by atoms with Crippen molar-refractivity contribution in [3.8, 4) is 16.9 Å². The Morgan fingerprint density at radius 1 is 1.02 bits per heavy atom. The monoisotopic (exact) mass is 645 g/mol. The van der Waals surface area contributed by atoms with Crippen LogP contribution in [0.4, 0.5) is 5.82 Å². The number of carbonyl (C=O) groups is 2. The van der Waals surface area contributed by atoms with Crippen LogP contribution in [-0.4, -0.2) is 60.5 Å². The molecule has 0 fully saturated rings. The topological polar surface area (TPSA) is 157 Å². The van der Waals surface area contributed by atoms with Gasteiger partial charge in [0.1, 0.15) is 17.6 Å². The van der Waals surface area contributed by atoms with Crippen LogP contribution in [0.3, 0.4) is 0 Å². The molecule has 0 radical (unpaired) electrons. The lowest BCUT2D eigenvalue weighted by atomic mass is 9.79. The minimum absolute atomic E-state index is 0.0289. The molecule has 4 aromatic rings. The Hall–Kier alpha value is -4.78. The number of pyridine rings is 1. The predicted molar refractivity (Wildman–Crippen MR) is 170 cm³/mol. The molecule has 3 heterocycles. The molecule has 2 atom stereocenters. The van der Waals surface area contributed by atoms with Crippen LogP contribution in [-0.2, 0) is 37.3 Å². The number of fused-ring (bicyclic) bond motifs is 3. The van der Waals surface area contributed by atoms with Crippen molar-refractivity contribution < 1.29 is 23.8 Å². The summed E-state index contributed by atoms with van der Waals surface area (Å²) in [5, 5.41) is 3.04. The van der Waals surface area contributed by atoms with Gasteiger partial charge in [0.05, 0.1) is 42.4 Å². The smallest absolute Gasteiger partial charge is 0.332 e. The first-order chi connectivity index (χ1) is 22.1. The molecular formula is C33H32ClN5O7. The van der Waals surface area contributed by atoms with Crippen LogP contribution in [0.15, 0.2) is 70.5 Å². The molecule has 238 valence electrons. The predicted octanol–water partition coefficient (Wildman–Crippen LogP) is 2.63. The molecule has 1 unspecified atom stereocenters. The van der Waals surface area contributed by atoms with Crippen molar-refractivity contribution in [2.24, 2.45) is 5.73 Å². The van der Waals surface area contributed by atoms with Crippen LogP contribution in [0.1, 0.15) is 34.3 Å². The Balaban J connectivity index is 1.53. The Morgan fingerprint density at radius 2 is 1.76 bits per heavy atom. The SMILES string of the molecule is COCC(COC)n1c(=O)c(-c2cccc(OC)c2Cl)cn(C(C(N)=O)c2ccc3c(c2)C[C@@]2(C3)C(=O)Nc3ncccc32)c1=O. The number of amides is 2. The Bertz CT molecular complexity index is 1980. The molecule has 2 amide bonds. The molecule has 46 heavy (non-hydrogen) atoms. The van der Waals surface area contributed by atoms with E-state index in [9.17, 15) is 19.2 Å². The summed E-state index contributed by atoms with van der Waals surface area (Å²) in [5.74, 6) is -0.114. The van der Waals surface area contributed by atoms with Crippen molar-refractivity contribution in [1.29, 1.82) is 0 Å². The van der Waals surface area contributed by atoms with E-state index in [4.69, 9.17) is 31.5 Å². The summed E-state index contributed by atoms with van der Waals surface area (Å²) >= 11 is 6.65. The maximum Gasteiger partial charge on any atom is 0.332 e. The number of benzene rings is 2. The summed E-state index contributed by atoms with van der Waals surface area (Å²) in [5.41, 5.74) is 7.06. The van der Waals surface area contributed by atoms with Gasteiger partial charge >= 0.3 is 5.69 Å². The normalized spacial score (nSPS) is 17.2. The van der Waals surface area contributed by atoms with Gasteiger partial charge in [0, 0.05) is 37.7 Å². The highest BCUT2D eigenvalue weighted by atomic mass is 35.5. The van der Waals surface area contributed by atoms with Crippen molar-refractivity contribution >= 4 is 29.2 Å². The molecule has 1 aliphatic heterocycles. The van der Waals surface area contributed by atoms with Gasteiger partial charge in [0.25, 0.3) is 5.56 Å². The van der Waals surface area contributed by atoms with Crippen LogP contribution >= 0.6 is 11.6 Å². The lowest BCUT2D eigenvalue weighted by Gasteiger charge is -2.24. The van der Waals surface area contributed by atoms with E-state index in [1.165, 1.54) is 27.5 Å². The zero-order valence-electron chi connectivity index (χ0n) is 25.4. The van der Waals surface area contributed by atoms with Gasteiger partial charge < -0.3 is 25.3 Å². The Labute approximate surface area is 268 Å². The number of ether oxygens (including phenoxy) is 3. The fraction of sp³-hybridized carbons (Fsp3) is 0.303. The van der Waals surface area contributed by atoms with E-state index < -0.39 is 34.7 Å². The summed E-state index contributed by atoms with van der Waals surface area (Å²) in [6.45, 7) is -0.0578. The highest BCUT2D eigenvalue weighted by molar-refractivity contribution is 6.34. The van der Waals surface area contributed by atoms with Crippen molar-refractivity contribution in [1.82, 2.24) is 14.1 Å². The maximum absolute atomic E-state index is 14.2. The summed E-state index contributed by atoms with van der Waals surface area (Å²) in [6.07, 6.45) is 3.75. The fourth-order valence-corrected chi connectivity index (χ4v) is 6.96. The highest BCUT2D eigenvalue weighted by Crippen LogP contribution is 2.47. The van der Waals surface area contributed by atoms with E-state index in [1.54, 1.807) is 42.6 Å². The number of carbonyl (C=O) groups excluding carboxylic acids is 2. The molecule has 12 nitrogen and oxygen atoms in total. The van der Waals surface area contributed by atoms with Crippen molar-refractivity contribution in [2.75, 3.05) is 39.9 Å². The number of halogens is 1. The highest BCUT2D eigenvalue weighted by Gasteiger charge is 2.51. The third-order valence-electron chi connectivity index (χ3n) is 8.77. The van der Waals surface area contributed by atoms with Crippen LogP contribution in [0, 0.1) is 0 Å². The number of nitrogens with zero attached hydrogens (tertiary/aromatic N) is 3. The van der Waals surface area contributed by atoms with Crippen LogP contribution in [0.2, 0.25) is 5.02 Å². The number of anilines is 1. The van der Waals surface area contributed by atoms with Gasteiger partial charge in [-0.05, 0) is 41.7 Å². The molecule has 3 N–H and O–H groups in total. The molecule has 6 rings (SSSR count). The van der Waals surface area contributed by atoms with Crippen LogP contribution < -0.4 is 27.0 Å². The van der Waals surface area contributed by atoms with Gasteiger partial charge in [-0.2, -0.15) is 0 Å². The zero-order valence-corrected chi connectivity index (χ0v) is 26.2. The van der Waals surface area contributed by atoms with Crippen LogP contribution in [0.5, 0.6) is 5.75 Å². The lowest BCUT2D eigenvalue weighted by molar-refractivity contribution is -0.121. The minimum atomic E-state index is -1.32. The number of nitrogens with two attached hydrogens (primary N) is 1. The lowest BCUT2D eigenvalue weighted by Crippen LogP contribution is -2.47. The molecule has 0 saturated heterocycles. The van der Waals surface area contributed by atoms with Crippen molar-refractivity contribution in [3.63, 3.8) is 0 Å². The summed E-state index contributed by atoms with van der Waals surface area (Å²) in [4.78, 5) is 59.1. The van der Waals surface area contributed by atoms with E-state index in [2.05, 4.69) is 10.3 Å². The second-order valence-electron chi connectivity index (χ2n) is 11.4. The molecule has 13 heteroatoms. The molecule has 1 spiro atoms. The maximum atomic E-state index is 14.2. The molecule has 2 aliphatic rings. The molecule has 1 aliphatic carbocycles. The Kier molecular flexibility index (Phi) is 8.28. The number of primary amides is 1. The van der Waals surface area contributed by atoms with Crippen molar-refractivity contribution in [2.45, 2.75) is 30.3 Å². The minimum Gasteiger partial charge on any atom is -0.495 e. The van der Waals surface area contributed by atoms with E-state index in [1.807, 2.05) is 12.1 Å². The summed E-state index contributed by atoms with van der Waals surface area (Å²) in [7, 11) is 4.33. The largest absolute Gasteiger partial charge is 0.495 e. The first-order valence-electron chi connectivity index (χ1n) is 14.5. The second-order valence-corrected chi connectivity index (χ2v) is 11.8. The second kappa shape index (κ2) is 12.2. The number of hydrogen-bond donors (Lipinski definition) is 2. The molecule has 2 aromatic carbocycles. The standard InChI is InChI=1S/C33H32ClN5O7/c1-44-16-21(17-45-2)39-30(41)23(22-6-4-8-25(46-3)26(22)34)15-38(32(39)43)27(28(35)40)18-9-10-19-13-33(14-20(19)12-18)24-7-5-11-36-29(24)37-31(33)42/h4-12,15,21,27H,13-14,16-17H2,1-3H3,(H2,35,40)(H,36,37,42)/t27?,33-/m1/s1. The number of nitrogens with one attached hydrogen (secondary N) is 1. The molecular weight excluding hydrogens is 614 g/mol. The average Bonchev–Trinajstić information content (AvgIpc) is 3.55. The van der Waals surface area contributed by atoms with Gasteiger partial charge in [-0.1, -0.05) is 48.0 Å². The van der Waals surface area contributed by atoms with E-state index >= 15 is 0 Å². The van der Waals surface area contributed by atoms with Crippen LogP contribution in [0.25, 0.3) is 11.1 Å². The number of hydrogen-bond acceptors (Lipinski definition) is 8. The van der Waals surface area contributed by atoms with E-state index in [-0.39, 0.29) is 29.7 Å².